The third-order valence-electron chi connectivity index (χ3n) is 3.65. The van der Waals surface area contributed by atoms with E-state index in [1.54, 1.807) is 14.1 Å². The van der Waals surface area contributed by atoms with Gasteiger partial charge in [-0.1, -0.05) is 0 Å². The van der Waals surface area contributed by atoms with Crippen LogP contribution in [0.15, 0.2) is 0 Å². The highest BCUT2D eigenvalue weighted by Gasteiger charge is 2.36. The van der Waals surface area contributed by atoms with Gasteiger partial charge in [-0.05, 0) is 38.6 Å². The van der Waals surface area contributed by atoms with Crippen LogP contribution in [0.1, 0.15) is 26.2 Å². The molecule has 0 bridgehead atoms. The fourth-order valence-electron chi connectivity index (χ4n) is 2.44. The number of rotatable bonds is 5. The molecule has 0 spiro atoms. The van der Waals surface area contributed by atoms with Crippen molar-refractivity contribution in [3.63, 3.8) is 0 Å². The molecule has 1 rings (SSSR count). The van der Waals surface area contributed by atoms with Crippen LogP contribution in [0.5, 0.6) is 0 Å². The predicted octanol–water partition coefficient (Wildman–Crippen LogP) is -0.146. The van der Waals surface area contributed by atoms with Crippen LogP contribution in [0.3, 0.4) is 0 Å². The van der Waals surface area contributed by atoms with Gasteiger partial charge in [-0.2, -0.15) is 0 Å². The number of piperidine rings is 1. The lowest BCUT2D eigenvalue weighted by molar-refractivity contribution is -0.128. The standard InChI is InChI=1S/C12H25N3O3S/c1-10(12(16)14(2)3)19(17,18)15-8-4-5-11(9-15)6-7-13/h10-11H,4-9,13H2,1-3H3. The Bertz CT molecular complexity index is 406. The summed E-state index contributed by atoms with van der Waals surface area (Å²) in [5.41, 5.74) is 5.53. The SMILES string of the molecule is CC(C(=O)N(C)C)S(=O)(=O)N1CCCC(CCN)C1. The Kier molecular flexibility index (Phi) is 5.76. The Morgan fingerprint density at radius 1 is 1.47 bits per heavy atom. The third-order valence-corrected chi connectivity index (χ3v) is 5.80. The summed E-state index contributed by atoms with van der Waals surface area (Å²) in [5, 5.41) is -1.01. The quantitative estimate of drug-likeness (QED) is 0.764. The zero-order valence-electron chi connectivity index (χ0n) is 12.0. The van der Waals surface area contributed by atoms with Crippen LogP contribution in [0, 0.1) is 5.92 Å². The smallest absolute Gasteiger partial charge is 0.241 e. The molecule has 2 atom stereocenters. The van der Waals surface area contributed by atoms with E-state index in [0.29, 0.717) is 25.6 Å². The van der Waals surface area contributed by atoms with Gasteiger partial charge in [0.2, 0.25) is 15.9 Å². The van der Waals surface area contributed by atoms with E-state index >= 15 is 0 Å². The largest absolute Gasteiger partial charge is 0.348 e. The minimum absolute atomic E-state index is 0.315. The first-order chi connectivity index (χ1) is 8.80. The van der Waals surface area contributed by atoms with Crippen LogP contribution >= 0.6 is 0 Å². The molecule has 1 aliphatic rings. The summed E-state index contributed by atoms with van der Waals surface area (Å²) in [5.74, 6) is -0.0591. The van der Waals surface area contributed by atoms with E-state index in [9.17, 15) is 13.2 Å². The van der Waals surface area contributed by atoms with E-state index in [-0.39, 0.29) is 5.91 Å². The predicted molar refractivity (Wildman–Crippen MR) is 75.0 cm³/mol. The molecule has 1 amide bonds. The lowest BCUT2D eigenvalue weighted by atomic mass is 9.96. The molecule has 0 aromatic carbocycles. The highest BCUT2D eigenvalue weighted by atomic mass is 32.2. The molecule has 0 aromatic rings. The van der Waals surface area contributed by atoms with Crippen LogP contribution < -0.4 is 5.73 Å². The van der Waals surface area contributed by atoms with Gasteiger partial charge in [0.05, 0.1) is 0 Å². The first-order valence-corrected chi connectivity index (χ1v) is 8.21. The van der Waals surface area contributed by atoms with Gasteiger partial charge in [0, 0.05) is 27.2 Å². The fraction of sp³-hybridized carbons (Fsp3) is 0.917. The van der Waals surface area contributed by atoms with Gasteiger partial charge in [-0.3, -0.25) is 4.79 Å². The second kappa shape index (κ2) is 6.67. The summed E-state index contributed by atoms with van der Waals surface area (Å²) in [4.78, 5) is 13.2. The van der Waals surface area contributed by atoms with Crippen molar-refractivity contribution in [2.24, 2.45) is 11.7 Å². The Morgan fingerprint density at radius 3 is 2.63 bits per heavy atom. The second-order valence-corrected chi connectivity index (χ2v) is 7.62. The van der Waals surface area contributed by atoms with Gasteiger partial charge in [0.15, 0.2) is 5.25 Å². The lowest BCUT2D eigenvalue weighted by Gasteiger charge is -2.33. The van der Waals surface area contributed by atoms with Gasteiger partial charge in [-0.25, -0.2) is 12.7 Å². The number of amides is 1. The van der Waals surface area contributed by atoms with Crippen molar-refractivity contribution in [3.8, 4) is 0 Å². The van der Waals surface area contributed by atoms with Gasteiger partial charge >= 0.3 is 0 Å². The Balaban J connectivity index is 2.79. The first-order valence-electron chi connectivity index (χ1n) is 6.71. The minimum atomic E-state index is -3.56. The number of nitrogens with zero attached hydrogens (tertiary/aromatic N) is 2. The van der Waals surface area contributed by atoms with Crippen molar-refractivity contribution in [2.45, 2.75) is 31.4 Å². The normalized spacial score (nSPS) is 23.1. The molecule has 1 heterocycles. The van der Waals surface area contributed by atoms with Crippen molar-refractivity contribution in [1.82, 2.24) is 9.21 Å². The molecule has 2 N–H and O–H groups in total. The van der Waals surface area contributed by atoms with Crippen LogP contribution in [-0.4, -0.2) is 62.5 Å². The van der Waals surface area contributed by atoms with Crippen molar-refractivity contribution < 1.29 is 13.2 Å². The zero-order chi connectivity index (χ0) is 14.6. The van der Waals surface area contributed by atoms with Crippen molar-refractivity contribution in [2.75, 3.05) is 33.7 Å². The summed E-state index contributed by atoms with van der Waals surface area (Å²) >= 11 is 0. The van der Waals surface area contributed by atoms with Gasteiger partial charge < -0.3 is 10.6 Å². The van der Waals surface area contributed by atoms with E-state index in [0.717, 1.165) is 19.3 Å². The monoisotopic (exact) mass is 291 g/mol. The van der Waals surface area contributed by atoms with E-state index in [4.69, 9.17) is 5.73 Å². The van der Waals surface area contributed by atoms with Gasteiger partial charge in [0.25, 0.3) is 0 Å². The molecule has 0 saturated carbocycles. The van der Waals surface area contributed by atoms with E-state index in [1.165, 1.54) is 16.1 Å². The summed E-state index contributed by atoms with van der Waals surface area (Å²) in [6.45, 7) is 3.04. The molecule has 0 aliphatic carbocycles. The Hall–Kier alpha value is -0.660. The maximum atomic E-state index is 12.4. The Morgan fingerprint density at radius 2 is 2.11 bits per heavy atom. The number of hydrogen-bond acceptors (Lipinski definition) is 4. The molecule has 7 heteroatoms. The maximum Gasteiger partial charge on any atom is 0.241 e. The molecule has 2 unspecified atom stereocenters. The van der Waals surface area contributed by atoms with Crippen LogP contribution in [0.25, 0.3) is 0 Å². The number of carbonyl (C=O) groups is 1. The van der Waals surface area contributed by atoms with Crippen LogP contribution in [0.2, 0.25) is 0 Å². The third kappa shape index (κ3) is 3.90. The van der Waals surface area contributed by atoms with Gasteiger partial charge in [0.1, 0.15) is 0 Å². The van der Waals surface area contributed by atoms with Crippen molar-refractivity contribution in [1.29, 1.82) is 0 Å². The highest BCUT2D eigenvalue weighted by molar-refractivity contribution is 7.90. The van der Waals surface area contributed by atoms with Crippen molar-refractivity contribution >= 4 is 15.9 Å². The zero-order valence-corrected chi connectivity index (χ0v) is 12.8. The summed E-state index contributed by atoms with van der Waals surface area (Å²) < 4.78 is 26.3. The minimum Gasteiger partial charge on any atom is -0.348 e. The average molecular weight is 291 g/mol. The van der Waals surface area contributed by atoms with E-state index in [1.807, 2.05) is 0 Å². The lowest BCUT2D eigenvalue weighted by Crippen LogP contribution is -2.48. The molecule has 0 radical (unpaired) electrons. The molecule has 6 nitrogen and oxygen atoms in total. The van der Waals surface area contributed by atoms with Crippen LogP contribution in [-0.2, 0) is 14.8 Å². The number of nitrogens with two attached hydrogens (primary N) is 1. The first kappa shape index (κ1) is 16.4. The Labute approximate surface area is 116 Å². The second-order valence-electron chi connectivity index (χ2n) is 5.36. The highest BCUT2D eigenvalue weighted by Crippen LogP contribution is 2.23. The molecular weight excluding hydrogens is 266 g/mol. The maximum absolute atomic E-state index is 12.4. The molecule has 1 fully saturated rings. The number of sulfonamides is 1. The molecule has 112 valence electrons. The molecule has 1 aliphatic heterocycles. The summed E-state index contributed by atoms with van der Waals surface area (Å²) in [6, 6.07) is 0. The summed E-state index contributed by atoms with van der Waals surface area (Å²) in [6.07, 6.45) is 2.69. The summed E-state index contributed by atoms with van der Waals surface area (Å²) in [7, 11) is -0.414. The number of hydrogen-bond donors (Lipinski definition) is 1. The van der Waals surface area contributed by atoms with Gasteiger partial charge in [-0.15, -0.1) is 0 Å². The average Bonchev–Trinajstić information content (AvgIpc) is 2.37. The number of carbonyl (C=O) groups excluding carboxylic acids is 1. The molecular formula is C12H25N3O3S. The molecule has 1 saturated heterocycles. The fourth-order valence-corrected chi connectivity index (χ4v) is 4.16. The van der Waals surface area contributed by atoms with E-state index < -0.39 is 15.3 Å². The topological polar surface area (TPSA) is 83.7 Å². The van der Waals surface area contributed by atoms with Crippen LogP contribution in [0.4, 0.5) is 0 Å². The van der Waals surface area contributed by atoms with E-state index in [2.05, 4.69) is 0 Å². The van der Waals surface area contributed by atoms with Crippen molar-refractivity contribution in [3.05, 3.63) is 0 Å². The molecule has 19 heavy (non-hydrogen) atoms. The molecule has 0 aromatic heterocycles.